The van der Waals surface area contributed by atoms with Crippen molar-refractivity contribution >= 4 is 16.1 Å². The van der Waals surface area contributed by atoms with Gasteiger partial charge in [0.25, 0.3) is 0 Å². The molecule has 0 atom stereocenters. The van der Waals surface area contributed by atoms with Crippen LogP contribution in [-0.4, -0.2) is 18.4 Å². The highest BCUT2D eigenvalue weighted by molar-refractivity contribution is 7.87. The average Bonchev–Trinajstić information content (AvgIpc) is 2.83. The fourth-order valence-corrected chi connectivity index (χ4v) is 5.58. The van der Waals surface area contributed by atoms with Crippen molar-refractivity contribution in [2.24, 2.45) is 0 Å². The largest absolute Gasteiger partial charge is 0.368 e. The first-order valence-corrected chi connectivity index (χ1v) is 11.5. The highest BCUT2D eigenvalue weighted by Crippen LogP contribution is 2.47. The van der Waals surface area contributed by atoms with Crippen LogP contribution in [0.2, 0.25) is 0 Å². The number of hydrogen-bond acceptors (Lipinski definition) is 6. The zero-order valence-corrected chi connectivity index (χ0v) is 17.1. The molecule has 0 saturated heterocycles. The van der Waals surface area contributed by atoms with Crippen molar-refractivity contribution in [2.45, 2.75) is 75.0 Å². The van der Waals surface area contributed by atoms with Crippen LogP contribution in [0.5, 0.6) is 5.88 Å². The van der Waals surface area contributed by atoms with E-state index in [0.29, 0.717) is 0 Å². The van der Waals surface area contributed by atoms with Gasteiger partial charge in [0.15, 0.2) is 0 Å². The number of aromatic nitrogens is 2. The maximum atomic E-state index is 12.8. The molecular weight excluding hydrogens is 374 g/mol. The van der Waals surface area contributed by atoms with E-state index in [-0.39, 0.29) is 22.1 Å². The third-order valence-electron chi connectivity index (χ3n) is 6.13. The van der Waals surface area contributed by atoms with Crippen molar-refractivity contribution in [1.29, 1.82) is 0 Å². The van der Waals surface area contributed by atoms with E-state index in [4.69, 9.17) is 9.92 Å². The fraction of sp³-hybridized carbons (Fsp3) is 0.524. The van der Waals surface area contributed by atoms with E-state index in [1.807, 2.05) is 6.92 Å². The van der Waals surface area contributed by atoms with Crippen molar-refractivity contribution in [3.8, 4) is 5.88 Å². The molecule has 2 aliphatic carbocycles. The van der Waals surface area contributed by atoms with Gasteiger partial charge in [-0.2, -0.15) is 13.4 Å². The summed E-state index contributed by atoms with van der Waals surface area (Å²) >= 11 is 0. The van der Waals surface area contributed by atoms with Crippen LogP contribution < -0.4 is 9.92 Å². The molecule has 0 bridgehead atoms. The molecule has 0 radical (unpaired) electrons. The summed E-state index contributed by atoms with van der Waals surface area (Å²) in [5.74, 6) is 0.189. The second-order valence-corrected chi connectivity index (χ2v) is 9.66. The Labute approximate surface area is 166 Å². The zero-order valence-electron chi connectivity index (χ0n) is 16.3. The van der Waals surface area contributed by atoms with Crippen LogP contribution in [0, 0.1) is 6.92 Å². The van der Waals surface area contributed by atoms with Crippen LogP contribution in [0.4, 0.5) is 5.95 Å². The van der Waals surface area contributed by atoms with E-state index in [9.17, 15) is 8.42 Å². The predicted octanol–water partition coefficient (Wildman–Crippen LogP) is 4.06. The summed E-state index contributed by atoms with van der Waals surface area (Å²) in [6.07, 6.45) is 9.58. The molecule has 2 N–H and O–H groups in total. The molecule has 6 nitrogen and oxygen atoms in total. The van der Waals surface area contributed by atoms with Crippen LogP contribution in [0.15, 0.2) is 29.2 Å². The SMILES string of the molecule is Cc1ccc(S(=O)(=O)Oc2nc(N)nc3c2CCCCC32CCCCC2)cc1. The minimum atomic E-state index is -3.98. The van der Waals surface area contributed by atoms with E-state index < -0.39 is 10.1 Å². The van der Waals surface area contributed by atoms with E-state index in [0.717, 1.165) is 55.3 Å². The van der Waals surface area contributed by atoms with Gasteiger partial charge in [0.2, 0.25) is 11.8 Å². The van der Waals surface area contributed by atoms with Crippen molar-refractivity contribution in [2.75, 3.05) is 5.73 Å². The molecular formula is C21H27N3O3S. The maximum Gasteiger partial charge on any atom is 0.340 e. The Balaban J connectivity index is 1.77. The number of benzene rings is 1. The zero-order chi connectivity index (χ0) is 19.8. The molecule has 150 valence electrons. The lowest BCUT2D eigenvalue weighted by Gasteiger charge is -2.37. The van der Waals surface area contributed by atoms with Crippen molar-refractivity contribution in [3.63, 3.8) is 0 Å². The Morgan fingerprint density at radius 1 is 0.964 bits per heavy atom. The fourth-order valence-electron chi connectivity index (χ4n) is 4.67. The van der Waals surface area contributed by atoms with Crippen molar-refractivity contribution < 1.29 is 12.6 Å². The highest BCUT2D eigenvalue weighted by atomic mass is 32.2. The summed E-state index contributed by atoms with van der Waals surface area (Å²) in [6, 6.07) is 6.61. The highest BCUT2D eigenvalue weighted by Gasteiger charge is 2.40. The Bertz CT molecular complexity index is 965. The molecule has 7 heteroatoms. The van der Waals surface area contributed by atoms with Gasteiger partial charge in [-0.3, -0.25) is 0 Å². The van der Waals surface area contributed by atoms with Crippen molar-refractivity contribution in [3.05, 3.63) is 41.1 Å². The van der Waals surface area contributed by atoms with Crippen LogP contribution in [0.1, 0.15) is 68.2 Å². The molecule has 1 spiro atoms. The summed E-state index contributed by atoms with van der Waals surface area (Å²) in [4.78, 5) is 8.93. The number of fused-ring (bicyclic) bond motifs is 2. The van der Waals surface area contributed by atoms with E-state index in [2.05, 4.69) is 9.97 Å². The summed E-state index contributed by atoms with van der Waals surface area (Å²) in [5, 5.41) is 0. The van der Waals surface area contributed by atoms with Gasteiger partial charge in [-0.15, -0.1) is 0 Å². The second kappa shape index (κ2) is 7.35. The van der Waals surface area contributed by atoms with Gasteiger partial charge < -0.3 is 9.92 Å². The lowest BCUT2D eigenvalue weighted by Crippen LogP contribution is -2.31. The second-order valence-electron chi connectivity index (χ2n) is 8.11. The first-order chi connectivity index (χ1) is 13.4. The monoisotopic (exact) mass is 401 g/mol. The molecule has 2 aliphatic rings. The van der Waals surface area contributed by atoms with Crippen LogP contribution in [-0.2, 0) is 22.0 Å². The Morgan fingerprint density at radius 3 is 2.29 bits per heavy atom. The average molecular weight is 402 g/mol. The lowest BCUT2D eigenvalue weighted by atomic mass is 9.68. The van der Waals surface area contributed by atoms with Gasteiger partial charge in [-0.25, -0.2) is 4.98 Å². The standard InChI is InChI=1S/C21H27N3O3S/c1-15-8-10-16(11-9-15)28(25,26)27-19-17-7-3-6-14-21(12-4-2-5-13-21)18(17)23-20(22)24-19/h8-11H,2-7,12-14H2,1H3,(H2,22,23,24). The molecule has 2 aromatic rings. The molecule has 1 aromatic carbocycles. The van der Waals surface area contributed by atoms with E-state index in [1.54, 1.807) is 24.3 Å². The molecule has 1 aromatic heterocycles. The Hall–Kier alpha value is -2.15. The van der Waals surface area contributed by atoms with Gasteiger partial charge >= 0.3 is 10.1 Å². The number of nitrogens with two attached hydrogens (primary N) is 1. The number of hydrogen-bond donors (Lipinski definition) is 1. The lowest BCUT2D eigenvalue weighted by molar-refractivity contribution is 0.264. The number of nitrogens with zero attached hydrogens (tertiary/aromatic N) is 2. The molecule has 4 rings (SSSR count). The molecule has 0 amide bonds. The predicted molar refractivity (Wildman–Crippen MR) is 108 cm³/mol. The minimum Gasteiger partial charge on any atom is -0.368 e. The summed E-state index contributed by atoms with van der Waals surface area (Å²) in [6.45, 7) is 1.91. The molecule has 1 heterocycles. The van der Waals surface area contributed by atoms with Gasteiger partial charge in [0.1, 0.15) is 4.90 Å². The summed E-state index contributed by atoms with van der Waals surface area (Å²) in [7, 11) is -3.98. The third-order valence-corrected chi connectivity index (χ3v) is 7.36. The number of aryl methyl sites for hydroxylation is 1. The van der Waals surface area contributed by atoms with Crippen LogP contribution in [0.25, 0.3) is 0 Å². The summed E-state index contributed by atoms with van der Waals surface area (Å²) in [5.41, 5.74) is 8.71. The number of nitrogen functional groups attached to an aromatic ring is 1. The van der Waals surface area contributed by atoms with Crippen molar-refractivity contribution in [1.82, 2.24) is 9.97 Å². The molecule has 1 saturated carbocycles. The van der Waals surface area contributed by atoms with Gasteiger partial charge in [0, 0.05) is 11.0 Å². The molecule has 1 fully saturated rings. The quantitative estimate of drug-likeness (QED) is 0.779. The first-order valence-electron chi connectivity index (χ1n) is 10.1. The minimum absolute atomic E-state index is 0.0210. The smallest absolute Gasteiger partial charge is 0.340 e. The van der Waals surface area contributed by atoms with Crippen LogP contribution in [0.3, 0.4) is 0 Å². The molecule has 28 heavy (non-hydrogen) atoms. The van der Waals surface area contributed by atoms with E-state index >= 15 is 0 Å². The number of anilines is 1. The van der Waals surface area contributed by atoms with Gasteiger partial charge in [-0.1, -0.05) is 43.4 Å². The molecule has 0 unspecified atom stereocenters. The van der Waals surface area contributed by atoms with Gasteiger partial charge in [-0.05, 0) is 51.2 Å². The summed E-state index contributed by atoms with van der Waals surface area (Å²) < 4.78 is 31.2. The maximum absolute atomic E-state index is 12.8. The topological polar surface area (TPSA) is 95.2 Å². The Kier molecular flexibility index (Phi) is 5.04. The Morgan fingerprint density at radius 2 is 1.61 bits per heavy atom. The first kappa shape index (κ1) is 19.2. The normalized spacial score (nSPS) is 19.0. The van der Waals surface area contributed by atoms with E-state index in [1.165, 1.54) is 19.3 Å². The number of rotatable bonds is 3. The third kappa shape index (κ3) is 3.60. The van der Waals surface area contributed by atoms with Gasteiger partial charge in [0.05, 0.1) is 5.69 Å². The van der Waals surface area contributed by atoms with Crippen LogP contribution >= 0.6 is 0 Å². The molecule has 0 aliphatic heterocycles.